The summed E-state index contributed by atoms with van der Waals surface area (Å²) in [5.41, 5.74) is 3.21. The molecule has 12 heteroatoms. The molecule has 2 aromatic carbocycles. The molecule has 0 aliphatic carbocycles. The Kier molecular flexibility index (Phi) is 9.69. The predicted molar refractivity (Wildman–Crippen MR) is 157 cm³/mol. The minimum absolute atomic E-state index is 0.0818. The smallest absolute Gasteiger partial charge is 0.209 e. The average Bonchev–Trinajstić information content (AvgIpc) is 3.62. The highest BCUT2D eigenvalue weighted by Crippen LogP contribution is 2.30. The highest BCUT2D eigenvalue weighted by Gasteiger charge is 2.19. The summed E-state index contributed by atoms with van der Waals surface area (Å²) in [6, 6.07) is 20.9. The zero-order chi connectivity index (χ0) is 29.2. The number of aromatic amines is 1. The SMILES string of the molecule is CCOc1ccc(-n2c(SC/C(O)=C(/C#N)c3nc4ccccc4[nH]3)nnc2-c2cccnc2)cc1.CN(C)C=O. The second kappa shape index (κ2) is 13.8. The number of benzene rings is 2. The molecule has 0 saturated carbocycles. The highest BCUT2D eigenvalue weighted by molar-refractivity contribution is 7.99. The summed E-state index contributed by atoms with van der Waals surface area (Å²) >= 11 is 1.26. The predicted octanol–water partition coefficient (Wildman–Crippen LogP) is 4.89. The van der Waals surface area contributed by atoms with Crippen molar-refractivity contribution >= 4 is 34.8 Å². The fourth-order valence-corrected chi connectivity index (χ4v) is 4.50. The van der Waals surface area contributed by atoms with Gasteiger partial charge in [0.15, 0.2) is 16.8 Å². The summed E-state index contributed by atoms with van der Waals surface area (Å²) in [6.07, 6.45) is 4.16. The third-order valence-corrected chi connectivity index (χ3v) is 6.47. The molecule has 2 N–H and O–H groups in total. The molecule has 0 atom stereocenters. The van der Waals surface area contributed by atoms with Gasteiger partial charge in [0.25, 0.3) is 0 Å². The topological polar surface area (TPSA) is 146 Å². The van der Waals surface area contributed by atoms with E-state index in [4.69, 9.17) is 4.74 Å². The Morgan fingerprint density at radius 1 is 1.15 bits per heavy atom. The van der Waals surface area contributed by atoms with Gasteiger partial charge in [-0.1, -0.05) is 23.9 Å². The lowest BCUT2D eigenvalue weighted by molar-refractivity contribution is -0.115. The van der Waals surface area contributed by atoms with Crippen molar-refractivity contribution in [1.29, 1.82) is 5.26 Å². The number of hydrogen-bond donors (Lipinski definition) is 2. The van der Waals surface area contributed by atoms with Crippen LogP contribution in [0.4, 0.5) is 0 Å². The van der Waals surface area contributed by atoms with Crippen LogP contribution >= 0.6 is 11.8 Å². The lowest BCUT2D eigenvalue weighted by atomic mass is 10.2. The average molecular weight is 569 g/mol. The number of H-pyrrole nitrogens is 1. The summed E-state index contributed by atoms with van der Waals surface area (Å²) in [4.78, 5) is 22.6. The number of aliphatic hydroxyl groups excluding tert-OH is 1. The zero-order valence-corrected chi connectivity index (χ0v) is 23.5. The van der Waals surface area contributed by atoms with Crippen molar-refractivity contribution in [1.82, 2.24) is 34.6 Å². The van der Waals surface area contributed by atoms with Gasteiger partial charge in [-0.25, -0.2) is 4.98 Å². The van der Waals surface area contributed by atoms with Gasteiger partial charge < -0.3 is 19.7 Å². The molecule has 41 heavy (non-hydrogen) atoms. The minimum Gasteiger partial charge on any atom is -0.510 e. The number of nitriles is 1. The summed E-state index contributed by atoms with van der Waals surface area (Å²) in [5, 5.41) is 29.9. The summed E-state index contributed by atoms with van der Waals surface area (Å²) in [6.45, 7) is 2.51. The quantitative estimate of drug-likeness (QED) is 0.110. The number of amides is 1. The molecule has 3 aromatic heterocycles. The van der Waals surface area contributed by atoms with Gasteiger partial charge in [0, 0.05) is 37.7 Å². The van der Waals surface area contributed by atoms with E-state index in [9.17, 15) is 15.2 Å². The summed E-state index contributed by atoms with van der Waals surface area (Å²) < 4.78 is 7.46. The number of carbonyl (C=O) groups excluding carboxylic acids is 1. The first-order chi connectivity index (χ1) is 19.9. The number of nitrogens with zero attached hydrogens (tertiary/aromatic N) is 7. The van der Waals surface area contributed by atoms with Gasteiger partial charge in [-0.05, 0) is 55.5 Å². The van der Waals surface area contributed by atoms with E-state index in [0.29, 0.717) is 23.4 Å². The summed E-state index contributed by atoms with van der Waals surface area (Å²) in [5.74, 6) is 1.68. The number of nitrogens with one attached hydrogen (secondary N) is 1. The molecule has 0 fully saturated rings. The number of imidazole rings is 1. The number of ether oxygens (including phenoxy) is 1. The Hall–Kier alpha value is -5.15. The number of hydrogen-bond acceptors (Lipinski definition) is 9. The first-order valence-electron chi connectivity index (χ1n) is 12.6. The van der Waals surface area contributed by atoms with Gasteiger partial charge in [0.1, 0.15) is 23.2 Å². The number of allylic oxidation sites excluding steroid dienone is 1. The van der Waals surface area contributed by atoms with Gasteiger partial charge in [-0.15, -0.1) is 10.2 Å². The third-order valence-electron chi connectivity index (χ3n) is 5.53. The maximum absolute atomic E-state index is 10.8. The molecular formula is C29H28N8O3S. The Morgan fingerprint density at radius 3 is 2.54 bits per heavy atom. The zero-order valence-electron chi connectivity index (χ0n) is 22.7. The number of rotatable bonds is 9. The Bertz CT molecular complexity index is 1640. The Labute approximate surface area is 241 Å². The van der Waals surface area contributed by atoms with E-state index < -0.39 is 0 Å². The van der Waals surface area contributed by atoms with Crippen LogP contribution in [0.1, 0.15) is 12.7 Å². The molecule has 0 radical (unpaired) electrons. The molecule has 0 bridgehead atoms. The van der Waals surface area contributed by atoms with Crippen LogP contribution < -0.4 is 4.74 Å². The number of aromatic nitrogens is 6. The van der Waals surface area contributed by atoms with E-state index in [0.717, 1.165) is 34.4 Å². The van der Waals surface area contributed by atoms with E-state index >= 15 is 0 Å². The standard InChI is InChI=1S/C26H21N7O2S.C3H7NO/c1-2-35-19-11-9-18(10-12-19)33-25(17-6-5-13-28-15-17)31-32-26(33)36-16-23(34)20(14-27)24-29-21-7-3-4-8-22(21)30-24;1-4(2)3-5/h3-13,15,34H,2,16H2,1H3,(H,29,30);3H,1-2H3/b23-20+;. The molecule has 0 aliphatic heterocycles. The number of carbonyl (C=O) groups is 1. The molecule has 0 saturated heterocycles. The Balaban J connectivity index is 0.000000714. The highest BCUT2D eigenvalue weighted by atomic mass is 32.2. The largest absolute Gasteiger partial charge is 0.510 e. The maximum atomic E-state index is 10.8. The lowest BCUT2D eigenvalue weighted by Crippen LogP contribution is -2.06. The number of aliphatic hydroxyl groups is 1. The van der Waals surface area contributed by atoms with Crippen LogP contribution in [-0.2, 0) is 4.79 Å². The number of thioether (sulfide) groups is 1. The maximum Gasteiger partial charge on any atom is 0.209 e. The van der Waals surface area contributed by atoms with Crippen molar-refractivity contribution < 1.29 is 14.6 Å². The van der Waals surface area contributed by atoms with Gasteiger partial charge in [0.05, 0.1) is 23.4 Å². The van der Waals surface area contributed by atoms with Gasteiger partial charge >= 0.3 is 0 Å². The van der Waals surface area contributed by atoms with Gasteiger partial charge in [0.2, 0.25) is 6.41 Å². The molecule has 0 spiro atoms. The Morgan fingerprint density at radius 2 is 1.90 bits per heavy atom. The van der Waals surface area contributed by atoms with Crippen LogP contribution in [0, 0.1) is 11.3 Å². The molecule has 1 amide bonds. The van der Waals surface area contributed by atoms with Crippen molar-refractivity contribution in [3.05, 3.63) is 84.6 Å². The molecular weight excluding hydrogens is 540 g/mol. The lowest BCUT2D eigenvalue weighted by Gasteiger charge is -2.11. The van der Waals surface area contributed by atoms with Crippen molar-refractivity contribution in [2.24, 2.45) is 0 Å². The van der Waals surface area contributed by atoms with Crippen molar-refractivity contribution in [2.75, 3.05) is 26.5 Å². The fourth-order valence-electron chi connectivity index (χ4n) is 3.67. The van der Waals surface area contributed by atoms with E-state index in [2.05, 4.69) is 31.2 Å². The summed E-state index contributed by atoms with van der Waals surface area (Å²) in [7, 11) is 3.38. The number of fused-ring (bicyclic) bond motifs is 1. The fraction of sp³-hybridized carbons (Fsp3) is 0.172. The molecule has 5 rings (SSSR count). The van der Waals surface area contributed by atoms with Crippen molar-refractivity contribution in [3.63, 3.8) is 0 Å². The van der Waals surface area contributed by atoms with Gasteiger partial charge in [-0.3, -0.25) is 14.3 Å². The number of para-hydroxylation sites is 2. The second-order valence-corrected chi connectivity index (χ2v) is 9.65. The monoisotopic (exact) mass is 568 g/mol. The van der Waals surface area contributed by atoms with Crippen molar-refractivity contribution in [2.45, 2.75) is 12.1 Å². The van der Waals surface area contributed by atoms with E-state index in [-0.39, 0.29) is 17.1 Å². The van der Waals surface area contributed by atoms with Crippen LogP contribution in [0.5, 0.6) is 5.75 Å². The van der Waals surface area contributed by atoms with Crippen LogP contribution in [0.15, 0.2) is 84.0 Å². The molecule has 0 unspecified atom stereocenters. The van der Waals surface area contributed by atoms with Crippen LogP contribution in [-0.4, -0.2) is 72.6 Å². The molecule has 0 aliphatic rings. The van der Waals surface area contributed by atoms with Crippen molar-refractivity contribution in [3.8, 4) is 28.9 Å². The molecule has 3 heterocycles. The third kappa shape index (κ3) is 7.09. The van der Waals surface area contributed by atoms with Crippen LogP contribution in [0.3, 0.4) is 0 Å². The van der Waals surface area contributed by atoms with E-state index in [1.807, 2.05) is 72.2 Å². The molecule has 208 valence electrons. The second-order valence-electron chi connectivity index (χ2n) is 8.70. The molecule has 5 aromatic rings. The minimum atomic E-state index is -0.106. The van der Waals surface area contributed by atoms with E-state index in [1.54, 1.807) is 26.5 Å². The first kappa shape index (κ1) is 28.8. The normalized spacial score (nSPS) is 11.2. The first-order valence-corrected chi connectivity index (χ1v) is 13.5. The van der Waals surface area contributed by atoms with Crippen LogP contribution in [0.25, 0.3) is 33.7 Å². The van der Waals surface area contributed by atoms with E-state index in [1.165, 1.54) is 16.7 Å². The number of pyridine rings is 1. The molecule has 11 nitrogen and oxygen atoms in total. The van der Waals surface area contributed by atoms with Gasteiger partial charge in [-0.2, -0.15) is 5.26 Å². The van der Waals surface area contributed by atoms with Crippen LogP contribution in [0.2, 0.25) is 0 Å².